The fourth-order valence-electron chi connectivity index (χ4n) is 0.213. The van der Waals surface area contributed by atoms with Crippen LogP contribution in [0.5, 0.6) is 0 Å². The summed E-state index contributed by atoms with van der Waals surface area (Å²) in [5.74, 6) is 0. The molecule has 0 aliphatic carbocycles. The lowest BCUT2D eigenvalue weighted by atomic mass is 11.2. The Bertz CT molecular complexity index is 109. The first-order valence-corrected chi connectivity index (χ1v) is 3.37. The minimum absolute atomic E-state index is 0. The minimum Gasteiger partial charge on any atom is -0.302 e. The summed E-state index contributed by atoms with van der Waals surface area (Å²) in [4.78, 5) is 16.1. The second kappa shape index (κ2) is 4.34. The highest BCUT2D eigenvalue weighted by molar-refractivity contribution is 7.46. The lowest BCUT2D eigenvalue weighted by Crippen LogP contribution is -2.09. The highest BCUT2D eigenvalue weighted by Crippen LogP contribution is 2.35. The molecule has 0 radical (unpaired) electrons. The molecule has 0 saturated carbocycles. The first kappa shape index (κ1) is 12.2. The van der Waals surface area contributed by atoms with Gasteiger partial charge in [-0.1, -0.05) is 0 Å². The van der Waals surface area contributed by atoms with Gasteiger partial charge in [0.2, 0.25) is 0 Å². The zero-order valence-corrected chi connectivity index (χ0v) is 7.62. The maximum atomic E-state index is 9.87. The molecule has 9 heavy (non-hydrogen) atoms. The van der Waals surface area contributed by atoms with Crippen LogP contribution in [0, 0.1) is 0 Å². The highest BCUT2D eigenvalue weighted by Gasteiger charge is 2.14. The molecule has 0 bridgehead atoms. The molecule has 2 N–H and O–H groups in total. The summed E-state index contributed by atoms with van der Waals surface area (Å²) in [6.07, 6.45) is 0. The summed E-state index contributed by atoms with van der Waals surface area (Å²) in [7, 11) is -1.52. The van der Waals surface area contributed by atoms with Crippen molar-refractivity contribution in [2.75, 3.05) is 14.1 Å². The van der Waals surface area contributed by atoms with Crippen molar-refractivity contribution in [1.29, 1.82) is 0 Å². The molecule has 0 aromatic heterocycles. The topological polar surface area (TPSA) is 70.0 Å². The van der Waals surface area contributed by atoms with E-state index >= 15 is 0 Å². The highest BCUT2D eigenvalue weighted by atomic mass is 31.2. The molecule has 0 heterocycles. The third kappa shape index (κ3) is 11.9. The Hall–Kier alpha value is 0.500. The van der Waals surface area contributed by atoms with E-state index in [0.29, 0.717) is 0 Å². The molecule has 7 heteroatoms. The second-order valence-corrected chi connectivity index (χ2v) is 2.53. The van der Waals surface area contributed by atoms with Crippen molar-refractivity contribution in [3.8, 4) is 0 Å². The van der Waals surface area contributed by atoms with Gasteiger partial charge in [-0.05, 0) is 0 Å². The van der Waals surface area contributed by atoms with Crippen LogP contribution in [0.4, 0.5) is 0 Å². The maximum Gasteiger partial charge on any atom is 0.486 e. The first-order valence-electron chi connectivity index (χ1n) is 1.84. The molecule has 0 aromatic carbocycles. The summed E-state index contributed by atoms with van der Waals surface area (Å²) >= 11 is 0. The Labute approximate surface area is 56.8 Å². The molecule has 1 unspecified atom stereocenters. The molecular formula is C2H11NO4P2. The van der Waals surface area contributed by atoms with Gasteiger partial charge in [0, 0.05) is 14.1 Å². The van der Waals surface area contributed by atoms with E-state index in [9.17, 15) is 4.57 Å². The largest absolute Gasteiger partial charge is 0.486 e. The van der Waals surface area contributed by atoms with Gasteiger partial charge in [0.05, 0.1) is 0 Å². The van der Waals surface area contributed by atoms with Crippen LogP contribution in [-0.2, 0) is 9.19 Å². The SMILES string of the molecule is CN(C)OP(=O)(O)O.P. The zero-order chi connectivity index (χ0) is 6.78. The van der Waals surface area contributed by atoms with Gasteiger partial charge >= 0.3 is 7.82 Å². The third-order valence-corrected chi connectivity index (χ3v) is 0.809. The summed E-state index contributed by atoms with van der Waals surface area (Å²) in [5, 5.41) is 0.945. The minimum atomic E-state index is -4.30. The van der Waals surface area contributed by atoms with Crippen molar-refractivity contribution in [2.24, 2.45) is 0 Å². The van der Waals surface area contributed by atoms with Crippen LogP contribution in [-0.4, -0.2) is 28.9 Å². The Morgan fingerprint density at radius 3 is 1.78 bits per heavy atom. The van der Waals surface area contributed by atoms with Crippen LogP contribution in [0.25, 0.3) is 0 Å². The molecule has 58 valence electrons. The fraction of sp³-hybridized carbons (Fsp3) is 1.00. The van der Waals surface area contributed by atoms with Crippen molar-refractivity contribution in [1.82, 2.24) is 5.06 Å². The lowest BCUT2D eigenvalue weighted by molar-refractivity contribution is -0.0330. The van der Waals surface area contributed by atoms with E-state index in [1.165, 1.54) is 14.1 Å². The van der Waals surface area contributed by atoms with Gasteiger partial charge in [0.25, 0.3) is 0 Å². The van der Waals surface area contributed by atoms with Crippen molar-refractivity contribution >= 4 is 17.7 Å². The van der Waals surface area contributed by atoms with Gasteiger partial charge in [-0.2, -0.15) is 19.6 Å². The summed E-state index contributed by atoms with van der Waals surface area (Å²) < 4.78 is 13.8. The first-order chi connectivity index (χ1) is 3.42. The normalized spacial score (nSPS) is 11.2. The predicted octanol–water partition coefficient (Wildman–Crippen LogP) is -0.370. The molecule has 0 aromatic rings. The van der Waals surface area contributed by atoms with Gasteiger partial charge in [0.15, 0.2) is 0 Å². The van der Waals surface area contributed by atoms with Crippen LogP contribution in [0.1, 0.15) is 0 Å². The maximum absolute atomic E-state index is 9.87. The number of rotatable bonds is 2. The third-order valence-electron chi connectivity index (χ3n) is 0.270. The van der Waals surface area contributed by atoms with Crippen LogP contribution < -0.4 is 0 Å². The van der Waals surface area contributed by atoms with Crippen LogP contribution in [0.3, 0.4) is 0 Å². The number of hydroxylamine groups is 2. The Kier molecular flexibility index (Phi) is 5.88. The standard InChI is InChI=1S/C2H8NO4P.H3P/c1-3(2)7-8(4,5)6;/h1-2H3,(H2,4,5,6);1H3. The fourth-order valence-corrected chi connectivity index (χ4v) is 0.638. The van der Waals surface area contributed by atoms with E-state index < -0.39 is 7.82 Å². The Balaban J connectivity index is 0. The molecule has 0 saturated heterocycles. The number of phosphoric acid groups is 1. The number of nitrogens with zero attached hydrogens (tertiary/aromatic N) is 1. The van der Waals surface area contributed by atoms with E-state index in [2.05, 4.69) is 4.62 Å². The molecule has 0 spiro atoms. The summed E-state index contributed by atoms with van der Waals surface area (Å²) in [6, 6.07) is 0. The van der Waals surface area contributed by atoms with Crippen molar-refractivity contribution in [3.05, 3.63) is 0 Å². The summed E-state index contributed by atoms with van der Waals surface area (Å²) in [5.41, 5.74) is 0. The van der Waals surface area contributed by atoms with E-state index in [1.807, 2.05) is 0 Å². The molecule has 0 aliphatic rings. The lowest BCUT2D eigenvalue weighted by Gasteiger charge is -2.09. The Morgan fingerprint density at radius 1 is 1.44 bits per heavy atom. The molecule has 0 aliphatic heterocycles. The molecule has 5 nitrogen and oxygen atoms in total. The predicted molar refractivity (Wildman–Crippen MR) is 37.9 cm³/mol. The molecule has 0 amide bonds. The van der Waals surface area contributed by atoms with Crippen molar-refractivity contribution in [2.45, 2.75) is 0 Å². The number of hydrogen-bond donors (Lipinski definition) is 2. The summed E-state index contributed by atoms with van der Waals surface area (Å²) in [6.45, 7) is 0. The molecule has 0 fully saturated rings. The van der Waals surface area contributed by atoms with E-state index in [1.54, 1.807) is 0 Å². The monoisotopic (exact) mass is 175 g/mol. The smallest absolute Gasteiger partial charge is 0.302 e. The zero-order valence-electron chi connectivity index (χ0n) is 5.31. The van der Waals surface area contributed by atoms with Crippen molar-refractivity contribution in [3.63, 3.8) is 0 Å². The van der Waals surface area contributed by atoms with Crippen molar-refractivity contribution < 1.29 is 19.0 Å². The van der Waals surface area contributed by atoms with Crippen LogP contribution in [0.15, 0.2) is 0 Å². The van der Waals surface area contributed by atoms with Crippen LogP contribution >= 0.6 is 17.7 Å². The Morgan fingerprint density at radius 2 is 1.78 bits per heavy atom. The van der Waals surface area contributed by atoms with Gasteiger partial charge in [0.1, 0.15) is 0 Å². The molecule has 0 rings (SSSR count). The molecule has 1 atom stereocenters. The van der Waals surface area contributed by atoms with Gasteiger partial charge < -0.3 is 9.79 Å². The van der Waals surface area contributed by atoms with Gasteiger partial charge in [-0.3, -0.25) is 0 Å². The van der Waals surface area contributed by atoms with E-state index in [4.69, 9.17) is 9.79 Å². The average Bonchev–Trinajstić information content (AvgIpc) is 1.21. The molecular weight excluding hydrogens is 164 g/mol. The van der Waals surface area contributed by atoms with Gasteiger partial charge in [-0.15, -0.1) is 0 Å². The second-order valence-electron chi connectivity index (χ2n) is 1.38. The van der Waals surface area contributed by atoms with E-state index in [-0.39, 0.29) is 9.90 Å². The average molecular weight is 175 g/mol. The van der Waals surface area contributed by atoms with Gasteiger partial charge in [-0.25, -0.2) is 4.57 Å². The van der Waals surface area contributed by atoms with Crippen LogP contribution in [0.2, 0.25) is 0 Å². The van der Waals surface area contributed by atoms with E-state index in [0.717, 1.165) is 5.06 Å². The number of hydrogen-bond acceptors (Lipinski definition) is 3. The quantitative estimate of drug-likeness (QED) is 0.442.